The number of H-pyrrole nitrogens is 1. The topological polar surface area (TPSA) is 41.6 Å². The molecule has 0 aliphatic carbocycles. The van der Waals surface area contributed by atoms with Crippen molar-refractivity contribution in [2.24, 2.45) is 0 Å². The second-order valence-corrected chi connectivity index (χ2v) is 7.70. The molecule has 0 unspecified atom stereocenters. The quantitative estimate of drug-likeness (QED) is 0.278. The normalized spacial score (nSPS) is 12.5. The third-order valence-corrected chi connectivity index (χ3v) is 5.09. The molecule has 0 spiro atoms. The number of pyridine rings is 2. The fraction of sp³-hybridized carbons (Fsp3) is 0.217. The van der Waals surface area contributed by atoms with Crippen LogP contribution in [0.2, 0.25) is 0 Å². The van der Waals surface area contributed by atoms with Crippen molar-refractivity contribution in [3.8, 4) is 0 Å². The highest BCUT2D eigenvalue weighted by Gasteiger charge is 2.36. The highest BCUT2D eigenvalue weighted by molar-refractivity contribution is 5.80. The first-order valence-electron chi connectivity index (χ1n) is 9.67. The third kappa shape index (κ3) is 4.99. The highest BCUT2D eigenvalue weighted by atomic mass is 19.4. The average Bonchev–Trinajstić information content (AvgIpc) is 3.11. The Bertz CT molecular complexity index is 1290. The molecular formula is C23H15F7N3. The number of hydrogen-bond donors (Lipinski definition) is 1. The number of alkyl halides is 6. The molecule has 0 saturated heterocycles. The number of nitrogens with zero attached hydrogens (tertiary/aromatic N) is 2. The van der Waals surface area contributed by atoms with Crippen LogP contribution in [0.4, 0.5) is 30.7 Å². The van der Waals surface area contributed by atoms with E-state index in [2.05, 4.69) is 21.1 Å². The van der Waals surface area contributed by atoms with E-state index in [1.54, 1.807) is 12.4 Å². The van der Waals surface area contributed by atoms with E-state index in [9.17, 15) is 30.7 Å². The average molecular weight is 466 g/mol. The van der Waals surface area contributed by atoms with Crippen LogP contribution in [0.5, 0.6) is 0 Å². The molecule has 0 saturated carbocycles. The summed E-state index contributed by atoms with van der Waals surface area (Å²) in [7, 11) is 0. The zero-order chi connectivity index (χ0) is 24.0. The first kappa shape index (κ1) is 22.8. The van der Waals surface area contributed by atoms with Gasteiger partial charge in [-0.25, -0.2) is 9.97 Å². The highest BCUT2D eigenvalue weighted by Crippen LogP contribution is 2.36. The van der Waals surface area contributed by atoms with Crippen molar-refractivity contribution in [3.05, 3.63) is 93.8 Å². The lowest BCUT2D eigenvalue weighted by Crippen LogP contribution is -2.12. The molecule has 3 aromatic heterocycles. The van der Waals surface area contributed by atoms with Gasteiger partial charge in [-0.15, -0.1) is 0 Å². The van der Waals surface area contributed by atoms with Gasteiger partial charge in [-0.1, -0.05) is 0 Å². The Morgan fingerprint density at radius 1 is 0.879 bits per heavy atom. The summed E-state index contributed by atoms with van der Waals surface area (Å²) in [6.45, 7) is 1.85. The summed E-state index contributed by atoms with van der Waals surface area (Å²) in [5.41, 5.74) is -0.544. The van der Waals surface area contributed by atoms with Gasteiger partial charge < -0.3 is 4.98 Å². The summed E-state index contributed by atoms with van der Waals surface area (Å²) in [4.78, 5) is 10.7. The molecule has 3 heterocycles. The van der Waals surface area contributed by atoms with E-state index in [0.717, 1.165) is 16.5 Å². The monoisotopic (exact) mass is 466 g/mol. The largest absolute Gasteiger partial charge is 0.416 e. The molecule has 1 N–H and O–H groups in total. The van der Waals surface area contributed by atoms with Crippen LogP contribution in [0.25, 0.3) is 11.0 Å². The standard InChI is InChI=1S/C23H15F7N3/c1-12-2-19-16(11-33-21(19)32-9-12)7-15-4-14(10-31-20(15)24)3-13-5-17(22(25,26)27)8-18(6-13)23(28,29)30/h2,4-6,8-9,11H,3,7H2,1H3,(H,32,33). The third-order valence-electron chi connectivity index (χ3n) is 5.09. The van der Waals surface area contributed by atoms with E-state index in [4.69, 9.17) is 0 Å². The van der Waals surface area contributed by atoms with Crippen LogP contribution in [0.1, 0.15) is 38.9 Å². The molecule has 33 heavy (non-hydrogen) atoms. The maximum absolute atomic E-state index is 14.4. The van der Waals surface area contributed by atoms with E-state index in [0.29, 0.717) is 17.8 Å². The van der Waals surface area contributed by atoms with E-state index in [1.165, 1.54) is 6.07 Å². The number of nitrogens with one attached hydrogen (secondary N) is 1. The lowest BCUT2D eigenvalue weighted by Gasteiger charge is -2.14. The Balaban J connectivity index is 1.68. The summed E-state index contributed by atoms with van der Waals surface area (Å²) < 4.78 is 93.0. The molecule has 0 fully saturated rings. The minimum Gasteiger partial charge on any atom is -0.346 e. The first-order valence-corrected chi connectivity index (χ1v) is 9.67. The number of aromatic nitrogens is 3. The molecule has 0 aliphatic rings. The van der Waals surface area contributed by atoms with Crippen LogP contribution < -0.4 is 0 Å². The molecular weight excluding hydrogens is 451 g/mol. The number of benzene rings is 1. The van der Waals surface area contributed by atoms with Crippen LogP contribution in [-0.4, -0.2) is 15.0 Å². The summed E-state index contributed by atoms with van der Waals surface area (Å²) in [6, 6.07) is 4.56. The van der Waals surface area contributed by atoms with Crippen LogP contribution in [-0.2, 0) is 25.2 Å². The molecule has 171 valence electrons. The Kier molecular flexibility index (Phi) is 5.63. The maximum atomic E-state index is 14.4. The Morgan fingerprint density at radius 2 is 1.55 bits per heavy atom. The molecule has 4 rings (SSSR count). The van der Waals surface area contributed by atoms with Crippen molar-refractivity contribution in [2.75, 3.05) is 0 Å². The fourth-order valence-electron chi connectivity index (χ4n) is 3.56. The molecule has 0 atom stereocenters. The van der Waals surface area contributed by atoms with E-state index in [1.807, 2.05) is 13.0 Å². The molecule has 10 heteroatoms. The minimum absolute atomic E-state index is 0.0641. The Morgan fingerprint density at radius 3 is 2.18 bits per heavy atom. The van der Waals surface area contributed by atoms with Gasteiger partial charge in [0.05, 0.1) is 17.3 Å². The molecule has 0 bridgehead atoms. The van der Waals surface area contributed by atoms with Crippen molar-refractivity contribution < 1.29 is 30.7 Å². The van der Waals surface area contributed by atoms with Gasteiger partial charge in [-0.2, -0.15) is 30.7 Å². The second-order valence-electron chi connectivity index (χ2n) is 7.70. The van der Waals surface area contributed by atoms with Crippen molar-refractivity contribution in [1.29, 1.82) is 0 Å². The molecule has 0 aliphatic heterocycles. The number of hydrogen-bond acceptors (Lipinski definition) is 2. The second kappa shape index (κ2) is 8.17. The molecule has 0 amide bonds. The lowest BCUT2D eigenvalue weighted by molar-refractivity contribution is -0.143. The number of aryl methyl sites for hydroxylation is 1. The number of fused-ring (bicyclic) bond motifs is 1. The summed E-state index contributed by atoms with van der Waals surface area (Å²) in [5, 5.41) is 0.775. The van der Waals surface area contributed by atoms with Crippen molar-refractivity contribution in [1.82, 2.24) is 15.0 Å². The van der Waals surface area contributed by atoms with E-state index in [-0.39, 0.29) is 35.6 Å². The van der Waals surface area contributed by atoms with E-state index < -0.39 is 29.4 Å². The van der Waals surface area contributed by atoms with Crippen molar-refractivity contribution in [3.63, 3.8) is 0 Å². The zero-order valence-corrected chi connectivity index (χ0v) is 17.0. The Hall–Kier alpha value is -3.43. The molecule has 4 aromatic rings. The SMILES string of the molecule is Cc1cnc2[nH]cc(Cc3cc(Cc4cc(C(F)(F)F)cc(C(F)(F)F)c4)[c]nc3F)c2c1. The number of halogens is 7. The van der Waals surface area contributed by atoms with Crippen LogP contribution in [0, 0.1) is 19.1 Å². The lowest BCUT2D eigenvalue weighted by atomic mass is 9.98. The van der Waals surface area contributed by atoms with Gasteiger partial charge in [-0.05, 0) is 65.9 Å². The minimum atomic E-state index is -4.95. The molecule has 1 aromatic carbocycles. The predicted molar refractivity (Wildman–Crippen MR) is 106 cm³/mol. The number of rotatable bonds is 4. The van der Waals surface area contributed by atoms with E-state index >= 15 is 0 Å². The van der Waals surface area contributed by atoms with Crippen molar-refractivity contribution >= 4 is 11.0 Å². The van der Waals surface area contributed by atoms with Crippen LogP contribution in [0.15, 0.2) is 42.7 Å². The molecule has 3 nitrogen and oxygen atoms in total. The van der Waals surface area contributed by atoms with Crippen molar-refractivity contribution in [2.45, 2.75) is 32.1 Å². The number of aromatic amines is 1. The first-order chi connectivity index (χ1) is 15.4. The smallest absolute Gasteiger partial charge is 0.346 e. The predicted octanol–water partition coefficient (Wildman–Crippen LogP) is 6.42. The van der Waals surface area contributed by atoms with Gasteiger partial charge in [0, 0.05) is 29.8 Å². The van der Waals surface area contributed by atoms with Gasteiger partial charge in [0.2, 0.25) is 5.95 Å². The maximum Gasteiger partial charge on any atom is 0.416 e. The molecule has 1 radical (unpaired) electrons. The van der Waals surface area contributed by atoms with Gasteiger partial charge in [0.15, 0.2) is 0 Å². The summed E-state index contributed by atoms with van der Waals surface area (Å²) in [5.74, 6) is -0.825. The van der Waals surface area contributed by atoms with Gasteiger partial charge in [0.25, 0.3) is 0 Å². The fourth-order valence-corrected chi connectivity index (χ4v) is 3.56. The summed E-state index contributed by atoms with van der Waals surface area (Å²) >= 11 is 0. The van der Waals surface area contributed by atoms with Gasteiger partial charge in [0.1, 0.15) is 5.65 Å². The van der Waals surface area contributed by atoms with Gasteiger partial charge in [-0.3, -0.25) is 0 Å². The zero-order valence-electron chi connectivity index (χ0n) is 17.0. The summed E-state index contributed by atoms with van der Waals surface area (Å²) in [6.07, 6.45) is -4.44. The Labute approximate surface area is 183 Å². The van der Waals surface area contributed by atoms with Gasteiger partial charge >= 0.3 is 12.4 Å². The van der Waals surface area contributed by atoms with Crippen LogP contribution >= 0.6 is 0 Å². The van der Waals surface area contributed by atoms with Crippen LogP contribution in [0.3, 0.4) is 0 Å².